The zero-order chi connectivity index (χ0) is 7.78. The van der Waals surface area contributed by atoms with Gasteiger partial charge in [0.2, 0.25) is 0 Å². The van der Waals surface area contributed by atoms with Crippen LogP contribution in [0.15, 0.2) is 0 Å². The van der Waals surface area contributed by atoms with E-state index >= 15 is 0 Å². The van der Waals surface area contributed by atoms with E-state index in [1.165, 1.54) is 12.8 Å². The van der Waals surface area contributed by atoms with Crippen LogP contribution in [0.5, 0.6) is 0 Å². The van der Waals surface area contributed by atoms with Gasteiger partial charge in [-0.05, 0) is 33.6 Å². The van der Waals surface area contributed by atoms with Crippen molar-refractivity contribution in [2.45, 2.75) is 39.2 Å². The summed E-state index contributed by atoms with van der Waals surface area (Å²) < 4.78 is 0. The monoisotopic (exact) mass is 157 g/mol. The molecule has 1 nitrogen and oxygen atoms in total. The molecule has 0 saturated heterocycles. The second-order valence-corrected chi connectivity index (χ2v) is 4.45. The zero-order valence-electron chi connectivity index (χ0n) is 6.90. The van der Waals surface area contributed by atoms with Gasteiger partial charge in [0.25, 0.3) is 0 Å². The maximum Gasteiger partial charge on any atom is 0.0788 e. The molecule has 0 aliphatic heterocycles. The lowest BCUT2D eigenvalue weighted by molar-refractivity contribution is 0.509. The number of thiocarbonyl (C=S) groups is 1. The number of rotatable bonds is 1. The first-order valence-electron chi connectivity index (χ1n) is 3.81. The van der Waals surface area contributed by atoms with Crippen molar-refractivity contribution in [3.63, 3.8) is 0 Å². The molecule has 0 spiro atoms. The van der Waals surface area contributed by atoms with Gasteiger partial charge in [0.05, 0.1) is 4.99 Å². The Hall–Kier alpha value is -0.110. The third-order valence-electron chi connectivity index (χ3n) is 1.45. The van der Waals surface area contributed by atoms with Gasteiger partial charge >= 0.3 is 0 Å². The van der Waals surface area contributed by atoms with Gasteiger partial charge in [-0.15, -0.1) is 0 Å². The Balaban J connectivity index is 2.30. The molecule has 1 N–H and O–H groups in total. The average Bonchev–Trinajstić information content (AvgIpc) is 2.35. The van der Waals surface area contributed by atoms with Gasteiger partial charge in [-0.25, -0.2) is 0 Å². The van der Waals surface area contributed by atoms with Crippen LogP contribution in [0.4, 0.5) is 0 Å². The summed E-state index contributed by atoms with van der Waals surface area (Å²) >= 11 is 5.18. The molecule has 0 aromatic carbocycles. The van der Waals surface area contributed by atoms with Crippen LogP contribution in [0.2, 0.25) is 0 Å². The summed E-state index contributed by atoms with van der Waals surface area (Å²) in [6, 6.07) is 0. The number of hydrogen-bond donors (Lipinski definition) is 1. The van der Waals surface area contributed by atoms with Crippen LogP contribution in [0, 0.1) is 5.92 Å². The smallest absolute Gasteiger partial charge is 0.0788 e. The Morgan fingerprint density at radius 2 is 1.90 bits per heavy atom. The van der Waals surface area contributed by atoms with Gasteiger partial charge in [-0.2, -0.15) is 0 Å². The van der Waals surface area contributed by atoms with Crippen molar-refractivity contribution in [2.24, 2.45) is 5.92 Å². The maximum atomic E-state index is 5.18. The van der Waals surface area contributed by atoms with Crippen molar-refractivity contribution in [3.05, 3.63) is 0 Å². The lowest BCUT2D eigenvalue weighted by atomic mass is 10.1. The lowest BCUT2D eigenvalue weighted by Gasteiger charge is -2.22. The van der Waals surface area contributed by atoms with Crippen LogP contribution in [0.1, 0.15) is 33.6 Å². The van der Waals surface area contributed by atoms with Gasteiger partial charge in [-0.3, -0.25) is 0 Å². The Bertz CT molecular complexity index is 142. The highest BCUT2D eigenvalue weighted by Gasteiger charge is 2.28. The van der Waals surface area contributed by atoms with Crippen LogP contribution in [0.3, 0.4) is 0 Å². The molecule has 58 valence electrons. The Labute approximate surface area is 68.2 Å². The molecule has 0 unspecified atom stereocenters. The summed E-state index contributed by atoms with van der Waals surface area (Å²) in [5.74, 6) is 0.703. The summed E-state index contributed by atoms with van der Waals surface area (Å²) in [7, 11) is 0. The second-order valence-electron chi connectivity index (χ2n) is 4.01. The standard InChI is InChI=1S/C8H15NS/c1-8(2,3)9-7(10)6-4-5-6/h6H,4-5H2,1-3H3,(H,9,10). The van der Waals surface area contributed by atoms with Crippen LogP contribution in [-0.4, -0.2) is 10.5 Å². The van der Waals surface area contributed by atoms with Gasteiger partial charge < -0.3 is 5.32 Å². The van der Waals surface area contributed by atoms with Crippen LogP contribution in [0.25, 0.3) is 0 Å². The zero-order valence-corrected chi connectivity index (χ0v) is 7.72. The van der Waals surface area contributed by atoms with E-state index in [1.54, 1.807) is 0 Å². The third kappa shape index (κ3) is 2.65. The first kappa shape index (κ1) is 7.99. The average molecular weight is 157 g/mol. The molecule has 10 heavy (non-hydrogen) atoms. The minimum atomic E-state index is 0.152. The van der Waals surface area contributed by atoms with Gasteiger partial charge in [0.15, 0.2) is 0 Å². The minimum absolute atomic E-state index is 0.152. The molecule has 0 radical (unpaired) electrons. The van der Waals surface area contributed by atoms with E-state index in [2.05, 4.69) is 26.1 Å². The first-order valence-corrected chi connectivity index (χ1v) is 4.22. The van der Waals surface area contributed by atoms with Crippen molar-refractivity contribution in [1.82, 2.24) is 5.32 Å². The SMILES string of the molecule is CC(C)(C)NC(=S)C1CC1. The first-order chi connectivity index (χ1) is 4.49. The second kappa shape index (κ2) is 2.50. The van der Waals surface area contributed by atoms with E-state index in [1.807, 2.05) is 0 Å². The molecule has 0 aromatic rings. The number of hydrogen-bond acceptors (Lipinski definition) is 1. The molecule has 1 fully saturated rings. The summed E-state index contributed by atoms with van der Waals surface area (Å²) in [6.07, 6.45) is 2.59. The molecule has 0 bridgehead atoms. The molecule has 1 rings (SSSR count). The minimum Gasteiger partial charge on any atom is -0.375 e. The lowest BCUT2D eigenvalue weighted by Crippen LogP contribution is -2.40. The topological polar surface area (TPSA) is 12.0 Å². The molecular formula is C8H15NS. The van der Waals surface area contributed by atoms with Crippen LogP contribution in [-0.2, 0) is 0 Å². The Morgan fingerprint density at radius 3 is 2.20 bits per heavy atom. The summed E-state index contributed by atoms with van der Waals surface area (Å²) in [5, 5.41) is 3.31. The molecule has 1 aliphatic carbocycles. The van der Waals surface area contributed by atoms with Gasteiger partial charge in [-0.1, -0.05) is 12.2 Å². The fourth-order valence-corrected chi connectivity index (χ4v) is 1.36. The summed E-state index contributed by atoms with van der Waals surface area (Å²) in [4.78, 5) is 1.06. The van der Waals surface area contributed by atoms with E-state index in [0.717, 1.165) is 4.99 Å². The molecule has 0 amide bonds. The van der Waals surface area contributed by atoms with Crippen molar-refractivity contribution in [3.8, 4) is 0 Å². The van der Waals surface area contributed by atoms with E-state index in [-0.39, 0.29) is 5.54 Å². The Kier molecular flexibility index (Phi) is 1.99. The highest BCUT2D eigenvalue weighted by Crippen LogP contribution is 2.30. The fourth-order valence-electron chi connectivity index (χ4n) is 0.817. The maximum absolute atomic E-state index is 5.18. The van der Waals surface area contributed by atoms with Crippen molar-refractivity contribution >= 4 is 17.2 Å². The molecular weight excluding hydrogens is 142 g/mol. The molecule has 0 atom stereocenters. The molecule has 0 aromatic heterocycles. The highest BCUT2D eigenvalue weighted by atomic mass is 32.1. The van der Waals surface area contributed by atoms with Crippen LogP contribution >= 0.6 is 12.2 Å². The largest absolute Gasteiger partial charge is 0.375 e. The highest BCUT2D eigenvalue weighted by molar-refractivity contribution is 7.80. The van der Waals surface area contributed by atoms with E-state index in [9.17, 15) is 0 Å². The predicted octanol–water partition coefficient (Wildman–Crippen LogP) is 2.11. The third-order valence-corrected chi connectivity index (χ3v) is 1.88. The van der Waals surface area contributed by atoms with Crippen molar-refractivity contribution in [1.29, 1.82) is 0 Å². The fraction of sp³-hybridized carbons (Fsp3) is 0.875. The molecule has 1 aliphatic rings. The van der Waals surface area contributed by atoms with Crippen LogP contribution < -0.4 is 5.32 Å². The van der Waals surface area contributed by atoms with Crippen molar-refractivity contribution < 1.29 is 0 Å². The van der Waals surface area contributed by atoms with Crippen molar-refractivity contribution in [2.75, 3.05) is 0 Å². The summed E-state index contributed by atoms with van der Waals surface area (Å²) in [5.41, 5.74) is 0.152. The molecule has 0 heterocycles. The summed E-state index contributed by atoms with van der Waals surface area (Å²) in [6.45, 7) is 6.42. The quantitative estimate of drug-likeness (QED) is 0.585. The molecule has 1 saturated carbocycles. The van der Waals surface area contributed by atoms with E-state index < -0.39 is 0 Å². The molecule has 2 heteroatoms. The van der Waals surface area contributed by atoms with E-state index in [0.29, 0.717) is 5.92 Å². The van der Waals surface area contributed by atoms with Gasteiger partial charge in [0, 0.05) is 11.5 Å². The number of nitrogens with one attached hydrogen (secondary N) is 1. The van der Waals surface area contributed by atoms with Gasteiger partial charge in [0.1, 0.15) is 0 Å². The van der Waals surface area contributed by atoms with E-state index in [4.69, 9.17) is 12.2 Å². The predicted molar refractivity (Wildman–Crippen MR) is 48.2 cm³/mol. The normalized spacial score (nSPS) is 18.7. The Morgan fingerprint density at radius 1 is 1.40 bits per heavy atom.